The van der Waals surface area contributed by atoms with Crippen LogP contribution in [0.25, 0.3) is 0 Å². The summed E-state index contributed by atoms with van der Waals surface area (Å²) < 4.78 is 0. The van der Waals surface area contributed by atoms with Crippen molar-refractivity contribution in [2.45, 2.75) is 52.5 Å². The molecule has 1 saturated heterocycles. The van der Waals surface area contributed by atoms with Gasteiger partial charge in [-0.1, -0.05) is 19.8 Å². The molecule has 15 heavy (non-hydrogen) atoms. The lowest BCUT2D eigenvalue weighted by atomic mass is 9.81. The third-order valence-corrected chi connectivity index (χ3v) is 3.65. The average Bonchev–Trinajstić information content (AvgIpc) is 2.60. The summed E-state index contributed by atoms with van der Waals surface area (Å²) in [6.07, 6.45) is 4.15. The molecular weight excluding hydrogens is 188 g/mol. The zero-order chi connectivity index (χ0) is 11.5. The molecule has 0 spiro atoms. The molecule has 88 valence electrons. The van der Waals surface area contributed by atoms with Gasteiger partial charge in [-0.15, -0.1) is 0 Å². The summed E-state index contributed by atoms with van der Waals surface area (Å²) in [5.74, 6) is -0.0981. The van der Waals surface area contributed by atoms with E-state index in [1.807, 2.05) is 0 Å². The molecule has 1 atom stereocenters. The van der Waals surface area contributed by atoms with E-state index in [4.69, 9.17) is 5.73 Å². The van der Waals surface area contributed by atoms with Crippen LogP contribution in [0.3, 0.4) is 0 Å². The van der Waals surface area contributed by atoms with Crippen LogP contribution in [0.2, 0.25) is 0 Å². The van der Waals surface area contributed by atoms with Crippen molar-refractivity contribution >= 4 is 5.91 Å². The number of primary amides is 1. The second kappa shape index (κ2) is 4.97. The van der Waals surface area contributed by atoms with E-state index in [1.165, 1.54) is 0 Å². The Labute approximate surface area is 93.0 Å². The van der Waals surface area contributed by atoms with Gasteiger partial charge in [-0.3, -0.25) is 9.69 Å². The standard InChI is InChI=1S/C12H24N2O/c1-4-5-6-12(11(13)15)7-8-14(9-12)10(2)3/h10H,4-9H2,1-3H3,(H2,13,15)/t12-/m1/s1. The van der Waals surface area contributed by atoms with E-state index in [2.05, 4.69) is 25.7 Å². The molecule has 1 amide bonds. The normalized spacial score (nSPS) is 27.5. The zero-order valence-corrected chi connectivity index (χ0v) is 10.3. The molecule has 0 aromatic carbocycles. The molecule has 0 bridgehead atoms. The highest BCUT2D eigenvalue weighted by molar-refractivity contribution is 5.81. The second-order valence-corrected chi connectivity index (χ2v) is 5.06. The van der Waals surface area contributed by atoms with Crippen LogP contribution < -0.4 is 5.73 Å². The van der Waals surface area contributed by atoms with Gasteiger partial charge in [0, 0.05) is 12.6 Å². The highest BCUT2D eigenvalue weighted by Gasteiger charge is 2.42. The monoisotopic (exact) mass is 212 g/mol. The maximum Gasteiger partial charge on any atom is 0.224 e. The smallest absolute Gasteiger partial charge is 0.224 e. The molecule has 3 nitrogen and oxygen atoms in total. The van der Waals surface area contributed by atoms with Gasteiger partial charge in [0.2, 0.25) is 5.91 Å². The number of carbonyl (C=O) groups excluding carboxylic acids is 1. The Morgan fingerprint density at radius 2 is 2.20 bits per heavy atom. The van der Waals surface area contributed by atoms with Crippen LogP contribution in [-0.4, -0.2) is 29.9 Å². The number of hydrogen-bond acceptors (Lipinski definition) is 2. The number of nitrogens with two attached hydrogens (primary N) is 1. The van der Waals surface area contributed by atoms with Crippen molar-refractivity contribution in [3.8, 4) is 0 Å². The fourth-order valence-corrected chi connectivity index (χ4v) is 2.39. The van der Waals surface area contributed by atoms with Gasteiger partial charge < -0.3 is 5.73 Å². The third kappa shape index (κ3) is 2.71. The molecule has 0 saturated carbocycles. The van der Waals surface area contributed by atoms with Crippen molar-refractivity contribution in [3.05, 3.63) is 0 Å². The molecule has 1 fully saturated rings. The van der Waals surface area contributed by atoms with Crippen molar-refractivity contribution < 1.29 is 4.79 Å². The van der Waals surface area contributed by atoms with Gasteiger partial charge in [-0.05, 0) is 33.2 Å². The van der Waals surface area contributed by atoms with Crippen molar-refractivity contribution in [3.63, 3.8) is 0 Å². The topological polar surface area (TPSA) is 46.3 Å². The number of rotatable bonds is 5. The predicted molar refractivity (Wildman–Crippen MR) is 62.5 cm³/mol. The lowest BCUT2D eigenvalue weighted by Gasteiger charge is -2.27. The molecule has 2 N–H and O–H groups in total. The molecule has 0 aromatic rings. The van der Waals surface area contributed by atoms with Gasteiger partial charge >= 0.3 is 0 Å². The molecular formula is C12H24N2O. The fourth-order valence-electron chi connectivity index (χ4n) is 2.39. The fraction of sp³-hybridized carbons (Fsp3) is 0.917. The van der Waals surface area contributed by atoms with E-state index >= 15 is 0 Å². The van der Waals surface area contributed by atoms with E-state index in [9.17, 15) is 4.79 Å². The van der Waals surface area contributed by atoms with E-state index in [0.717, 1.165) is 38.8 Å². The number of unbranched alkanes of at least 4 members (excludes halogenated alkanes) is 1. The first-order chi connectivity index (χ1) is 7.02. The van der Waals surface area contributed by atoms with Gasteiger partial charge in [-0.2, -0.15) is 0 Å². The minimum absolute atomic E-state index is 0.0981. The van der Waals surface area contributed by atoms with Gasteiger partial charge in [-0.25, -0.2) is 0 Å². The Balaban J connectivity index is 2.65. The van der Waals surface area contributed by atoms with Gasteiger partial charge in [0.25, 0.3) is 0 Å². The molecule has 0 radical (unpaired) electrons. The predicted octanol–water partition coefficient (Wildman–Crippen LogP) is 1.76. The first kappa shape index (κ1) is 12.5. The Kier molecular flexibility index (Phi) is 4.14. The molecule has 3 heteroatoms. The number of hydrogen-bond donors (Lipinski definition) is 1. The van der Waals surface area contributed by atoms with Crippen molar-refractivity contribution in [1.82, 2.24) is 4.90 Å². The molecule has 1 aliphatic rings. The van der Waals surface area contributed by atoms with Gasteiger partial charge in [0.05, 0.1) is 5.41 Å². The third-order valence-electron chi connectivity index (χ3n) is 3.65. The summed E-state index contributed by atoms with van der Waals surface area (Å²) in [7, 11) is 0. The Morgan fingerprint density at radius 3 is 2.60 bits per heavy atom. The largest absolute Gasteiger partial charge is 0.369 e. The Morgan fingerprint density at radius 1 is 1.53 bits per heavy atom. The van der Waals surface area contributed by atoms with Crippen LogP contribution in [0.1, 0.15) is 46.5 Å². The number of nitrogens with zero attached hydrogens (tertiary/aromatic N) is 1. The summed E-state index contributed by atoms with van der Waals surface area (Å²) in [5.41, 5.74) is 5.33. The van der Waals surface area contributed by atoms with E-state index in [0.29, 0.717) is 6.04 Å². The van der Waals surface area contributed by atoms with Crippen LogP contribution in [0.15, 0.2) is 0 Å². The van der Waals surface area contributed by atoms with Crippen molar-refractivity contribution in [2.75, 3.05) is 13.1 Å². The first-order valence-corrected chi connectivity index (χ1v) is 6.06. The highest BCUT2D eigenvalue weighted by Crippen LogP contribution is 2.36. The first-order valence-electron chi connectivity index (χ1n) is 6.06. The second-order valence-electron chi connectivity index (χ2n) is 5.06. The summed E-state index contributed by atoms with van der Waals surface area (Å²) in [6.45, 7) is 8.39. The average molecular weight is 212 g/mol. The van der Waals surface area contributed by atoms with Gasteiger partial charge in [0.1, 0.15) is 0 Å². The van der Waals surface area contributed by atoms with E-state index in [1.54, 1.807) is 0 Å². The summed E-state index contributed by atoms with van der Waals surface area (Å²) in [4.78, 5) is 14.0. The number of likely N-dealkylation sites (tertiary alicyclic amines) is 1. The van der Waals surface area contributed by atoms with Crippen LogP contribution in [-0.2, 0) is 4.79 Å². The number of amides is 1. The molecule has 1 heterocycles. The molecule has 1 aliphatic heterocycles. The Hall–Kier alpha value is -0.570. The lowest BCUT2D eigenvalue weighted by Crippen LogP contribution is -2.41. The SMILES string of the molecule is CCCC[C@@]1(C(N)=O)CCN(C(C)C)C1. The zero-order valence-electron chi connectivity index (χ0n) is 10.3. The summed E-state index contributed by atoms with van der Waals surface area (Å²) >= 11 is 0. The molecule has 0 aliphatic carbocycles. The van der Waals surface area contributed by atoms with Crippen LogP contribution in [0.4, 0.5) is 0 Å². The molecule has 1 rings (SSSR count). The van der Waals surface area contributed by atoms with E-state index in [-0.39, 0.29) is 11.3 Å². The summed E-state index contributed by atoms with van der Waals surface area (Å²) in [5, 5.41) is 0. The van der Waals surface area contributed by atoms with Crippen molar-refractivity contribution in [2.24, 2.45) is 11.1 Å². The highest BCUT2D eigenvalue weighted by atomic mass is 16.1. The molecule has 0 aromatic heterocycles. The maximum absolute atomic E-state index is 11.6. The number of carbonyl (C=O) groups is 1. The van der Waals surface area contributed by atoms with E-state index < -0.39 is 0 Å². The minimum Gasteiger partial charge on any atom is -0.369 e. The van der Waals surface area contributed by atoms with Crippen LogP contribution >= 0.6 is 0 Å². The molecule has 0 unspecified atom stereocenters. The van der Waals surface area contributed by atoms with Crippen LogP contribution in [0, 0.1) is 5.41 Å². The lowest BCUT2D eigenvalue weighted by molar-refractivity contribution is -0.127. The maximum atomic E-state index is 11.6. The van der Waals surface area contributed by atoms with Crippen LogP contribution in [0.5, 0.6) is 0 Å². The quantitative estimate of drug-likeness (QED) is 0.755. The van der Waals surface area contributed by atoms with Crippen molar-refractivity contribution in [1.29, 1.82) is 0 Å². The minimum atomic E-state index is -0.236. The Bertz CT molecular complexity index is 228. The summed E-state index contributed by atoms with van der Waals surface area (Å²) in [6, 6.07) is 0.521. The van der Waals surface area contributed by atoms with Gasteiger partial charge in [0.15, 0.2) is 0 Å².